The summed E-state index contributed by atoms with van der Waals surface area (Å²) in [7, 11) is 1.64. The molecule has 2 N–H and O–H groups in total. The first-order valence-electron chi connectivity index (χ1n) is 7.42. The van der Waals surface area contributed by atoms with Crippen molar-refractivity contribution in [2.45, 2.75) is 6.92 Å². The monoisotopic (exact) mass is 340 g/mol. The highest BCUT2D eigenvalue weighted by molar-refractivity contribution is 6.30. The van der Waals surface area contributed by atoms with E-state index < -0.39 is 0 Å². The highest BCUT2D eigenvalue weighted by Gasteiger charge is 2.04. The molecule has 0 atom stereocenters. The van der Waals surface area contributed by atoms with Gasteiger partial charge in [-0.05, 0) is 55.5 Å². The summed E-state index contributed by atoms with van der Waals surface area (Å²) in [4.78, 5) is 8.82. The second-order valence-corrected chi connectivity index (χ2v) is 5.61. The van der Waals surface area contributed by atoms with Crippen molar-refractivity contribution < 1.29 is 4.74 Å². The molecule has 6 heteroatoms. The van der Waals surface area contributed by atoms with E-state index in [2.05, 4.69) is 20.6 Å². The van der Waals surface area contributed by atoms with E-state index in [4.69, 9.17) is 16.3 Å². The van der Waals surface area contributed by atoms with Gasteiger partial charge < -0.3 is 15.4 Å². The molecule has 0 saturated carbocycles. The molecule has 0 saturated heterocycles. The van der Waals surface area contributed by atoms with Crippen molar-refractivity contribution in [2.75, 3.05) is 17.7 Å². The summed E-state index contributed by atoms with van der Waals surface area (Å²) in [6.07, 6.45) is 0. The maximum absolute atomic E-state index is 5.90. The van der Waals surface area contributed by atoms with E-state index in [1.807, 2.05) is 61.5 Å². The van der Waals surface area contributed by atoms with E-state index in [0.29, 0.717) is 22.5 Å². The predicted molar refractivity (Wildman–Crippen MR) is 97.8 cm³/mol. The summed E-state index contributed by atoms with van der Waals surface area (Å²) in [6, 6.07) is 17.0. The van der Waals surface area contributed by atoms with Gasteiger partial charge in [-0.2, -0.15) is 0 Å². The highest BCUT2D eigenvalue weighted by Crippen LogP contribution is 2.22. The van der Waals surface area contributed by atoms with Gasteiger partial charge in [-0.3, -0.25) is 0 Å². The predicted octanol–water partition coefficient (Wildman–Crippen LogP) is 4.93. The number of aryl methyl sites for hydroxylation is 1. The maximum atomic E-state index is 5.90. The number of methoxy groups -OCH3 is 1. The van der Waals surface area contributed by atoms with Crippen molar-refractivity contribution in [3.05, 3.63) is 65.4 Å². The Morgan fingerprint density at radius 3 is 1.83 bits per heavy atom. The molecule has 0 aliphatic rings. The molecule has 0 unspecified atom stereocenters. The van der Waals surface area contributed by atoms with Crippen LogP contribution in [0.15, 0.2) is 54.6 Å². The van der Waals surface area contributed by atoms with Crippen LogP contribution in [0.25, 0.3) is 0 Å². The van der Waals surface area contributed by atoms with Crippen LogP contribution in [-0.2, 0) is 0 Å². The van der Waals surface area contributed by atoms with Gasteiger partial charge in [0.2, 0.25) is 0 Å². The lowest BCUT2D eigenvalue weighted by Crippen LogP contribution is -2.01. The third-order valence-electron chi connectivity index (χ3n) is 3.32. The normalized spacial score (nSPS) is 10.3. The van der Waals surface area contributed by atoms with Crippen LogP contribution < -0.4 is 15.4 Å². The number of benzene rings is 2. The lowest BCUT2D eigenvalue weighted by atomic mass is 10.3. The maximum Gasteiger partial charge on any atom is 0.136 e. The van der Waals surface area contributed by atoms with Crippen molar-refractivity contribution in [3.8, 4) is 5.75 Å². The number of hydrogen-bond donors (Lipinski definition) is 2. The number of hydrogen-bond acceptors (Lipinski definition) is 5. The average Bonchev–Trinajstić information content (AvgIpc) is 2.57. The summed E-state index contributed by atoms with van der Waals surface area (Å²) in [5.41, 5.74) is 1.83. The minimum absolute atomic E-state index is 0.671. The van der Waals surface area contributed by atoms with E-state index >= 15 is 0 Å². The van der Waals surface area contributed by atoms with Crippen molar-refractivity contribution in [2.24, 2.45) is 0 Å². The highest BCUT2D eigenvalue weighted by atomic mass is 35.5. The van der Waals surface area contributed by atoms with Crippen LogP contribution >= 0.6 is 11.6 Å². The quantitative estimate of drug-likeness (QED) is 0.689. The van der Waals surface area contributed by atoms with Crippen molar-refractivity contribution >= 4 is 34.6 Å². The van der Waals surface area contributed by atoms with Crippen LogP contribution in [0.2, 0.25) is 5.02 Å². The molecule has 3 aromatic rings. The number of nitrogens with one attached hydrogen (secondary N) is 2. The number of aromatic nitrogens is 2. The van der Waals surface area contributed by atoms with Crippen LogP contribution in [-0.4, -0.2) is 17.1 Å². The minimum Gasteiger partial charge on any atom is -0.497 e. The minimum atomic E-state index is 0.671. The van der Waals surface area contributed by atoms with Crippen LogP contribution in [0, 0.1) is 6.92 Å². The molecule has 2 aromatic carbocycles. The average molecular weight is 341 g/mol. The van der Waals surface area contributed by atoms with Gasteiger partial charge in [0.1, 0.15) is 23.2 Å². The number of rotatable bonds is 5. The molecule has 0 aliphatic carbocycles. The molecule has 24 heavy (non-hydrogen) atoms. The van der Waals surface area contributed by atoms with Gasteiger partial charge in [0.15, 0.2) is 0 Å². The van der Waals surface area contributed by atoms with E-state index in [-0.39, 0.29) is 0 Å². The molecular weight excluding hydrogens is 324 g/mol. The first-order chi connectivity index (χ1) is 11.6. The zero-order chi connectivity index (χ0) is 16.9. The number of halogens is 1. The van der Waals surface area contributed by atoms with Gasteiger partial charge in [-0.1, -0.05) is 11.6 Å². The Balaban J connectivity index is 1.78. The molecule has 0 spiro atoms. The molecule has 1 heterocycles. The standard InChI is InChI=1S/C18H17ClN4O/c1-12-20-17(22-14-5-3-13(19)4-6-14)11-18(21-12)23-15-7-9-16(24-2)10-8-15/h3-11H,1-2H3,(H2,20,21,22,23). The van der Waals surface area contributed by atoms with Gasteiger partial charge in [0.05, 0.1) is 7.11 Å². The molecule has 0 amide bonds. The van der Waals surface area contributed by atoms with Crippen molar-refractivity contribution in [3.63, 3.8) is 0 Å². The Kier molecular flexibility index (Phi) is 4.82. The third kappa shape index (κ3) is 4.14. The van der Waals surface area contributed by atoms with Gasteiger partial charge in [0.25, 0.3) is 0 Å². The molecule has 0 radical (unpaired) electrons. The molecule has 0 bridgehead atoms. The van der Waals surface area contributed by atoms with Crippen LogP contribution in [0.4, 0.5) is 23.0 Å². The number of ether oxygens (including phenoxy) is 1. The van der Waals surface area contributed by atoms with E-state index in [1.54, 1.807) is 7.11 Å². The fourth-order valence-electron chi connectivity index (χ4n) is 2.20. The Morgan fingerprint density at radius 1 is 0.833 bits per heavy atom. The Labute approximate surface area is 145 Å². The number of anilines is 4. The largest absolute Gasteiger partial charge is 0.497 e. The van der Waals surface area contributed by atoms with Gasteiger partial charge in [-0.15, -0.1) is 0 Å². The zero-order valence-electron chi connectivity index (χ0n) is 13.4. The molecule has 0 fully saturated rings. The molecule has 3 rings (SSSR count). The van der Waals surface area contributed by atoms with Crippen LogP contribution in [0.5, 0.6) is 5.75 Å². The smallest absolute Gasteiger partial charge is 0.136 e. The fourth-order valence-corrected chi connectivity index (χ4v) is 2.33. The second kappa shape index (κ2) is 7.19. The lowest BCUT2D eigenvalue weighted by Gasteiger charge is -2.11. The van der Waals surface area contributed by atoms with Crippen molar-refractivity contribution in [1.82, 2.24) is 9.97 Å². The second-order valence-electron chi connectivity index (χ2n) is 5.17. The molecular formula is C18H17ClN4O. The first kappa shape index (κ1) is 16.1. The van der Waals surface area contributed by atoms with E-state index in [1.165, 1.54) is 0 Å². The fraction of sp³-hybridized carbons (Fsp3) is 0.111. The summed E-state index contributed by atoms with van der Waals surface area (Å²) in [5, 5.41) is 7.21. The van der Waals surface area contributed by atoms with Crippen molar-refractivity contribution in [1.29, 1.82) is 0 Å². The molecule has 5 nitrogen and oxygen atoms in total. The zero-order valence-corrected chi connectivity index (χ0v) is 14.1. The molecule has 1 aromatic heterocycles. The van der Waals surface area contributed by atoms with Gasteiger partial charge >= 0.3 is 0 Å². The molecule has 122 valence electrons. The SMILES string of the molecule is COc1ccc(Nc2cc(Nc3ccc(Cl)cc3)nc(C)n2)cc1. The summed E-state index contributed by atoms with van der Waals surface area (Å²) in [6.45, 7) is 1.85. The topological polar surface area (TPSA) is 59.1 Å². The van der Waals surface area contributed by atoms with Crippen LogP contribution in [0.1, 0.15) is 5.82 Å². The Hall–Kier alpha value is -2.79. The third-order valence-corrected chi connectivity index (χ3v) is 3.57. The van der Waals surface area contributed by atoms with Crippen LogP contribution in [0.3, 0.4) is 0 Å². The summed E-state index contributed by atoms with van der Waals surface area (Å²) < 4.78 is 5.16. The van der Waals surface area contributed by atoms with E-state index in [0.717, 1.165) is 17.1 Å². The summed E-state index contributed by atoms with van der Waals surface area (Å²) in [5.74, 6) is 2.90. The summed E-state index contributed by atoms with van der Waals surface area (Å²) >= 11 is 5.90. The Morgan fingerprint density at radius 2 is 1.33 bits per heavy atom. The van der Waals surface area contributed by atoms with E-state index in [9.17, 15) is 0 Å². The lowest BCUT2D eigenvalue weighted by molar-refractivity contribution is 0.415. The van der Waals surface area contributed by atoms with Gasteiger partial charge in [0, 0.05) is 22.5 Å². The Bertz CT molecular complexity index is 819. The first-order valence-corrected chi connectivity index (χ1v) is 7.79. The molecule has 0 aliphatic heterocycles. The number of nitrogens with zero attached hydrogens (tertiary/aromatic N) is 2. The van der Waals surface area contributed by atoms with Gasteiger partial charge in [-0.25, -0.2) is 9.97 Å².